The average molecular weight is 609 g/mol. The van der Waals surface area contributed by atoms with Crippen molar-refractivity contribution in [1.82, 2.24) is 9.13 Å². The maximum Gasteiger partial charge on any atom is 0.112 e. The lowest BCUT2D eigenvalue weighted by Crippen LogP contribution is -2.35. The Balaban J connectivity index is 1.71. The molecule has 242 valence electrons. The zero-order valence-electron chi connectivity index (χ0n) is 28.6. The minimum Gasteiger partial charge on any atom is -0.512 e. The van der Waals surface area contributed by atoms with Gasteiger partial charge in [-0.2, -0.15) is 0 Å². The van der Waals surface area contributed by atoms with Crippen molar-refractivity contribution in [2.75, 3.05) is 6.61 Å². The summed E-state index contributed by atoms with van der Waals surface area (Å²) in [4.78, 5) is 0. The molecule has 2 aromatic heterocycles. The van der Waals surface area contributed by atoms with Gasteiger partial charge in [0.2, 0.25) is 0 Å². The smallest absolute Gasteiger partial charge is 0.112 e. The Morgan fingerprint density at radius 1 is 0.644 bits per heavy atom. The molecule has 45 heavy (non-hydrogen) atoms. The standard InChI is InChI=1S/C41H56N2O2/c1-6-9-12-13-14-15-20-29-45-38-26-25-33(44)30-41(38,39-31(4)42(27-10-7-2)36-23-18-16-21-34(36)39)40-32(5)43(28-11-8-3)37-24-19-17-22-35(37)40/h16-19,21-26,44H,6-15,20,27-30H2,1-5H3. The summed E-state index contributed by atoms with van der Waals surface area (Å²) >= 11 is 0. The number of hydrogen-bond acceptors (Lipinski definition) is 2. The fourth-order valence-corrected chi connectivity index (χ4v) is 7.84. The Morgan fingerprint density at radius 3 is 1.67 bits per heavy atom. The molecular weight excluding hydrogens is 552 g/mol. The van der Waals surface area contributed by atoms with Crippen molar-refractivity contribution in [2.45, 2.75) is 130 Å². The van der Waals surface area contributed by atoms with Crippen molar-refractivity contribution in [1.29, 1.82) is 0 Å². The van der Waals surface area contributed by atoms with Crippen LogP contribution in [-0.2, 0) is 23.2 Å². The van der Waals surface area contributed by atoms with E-state index in [1.165, 1.54) is 82.8 Å². The highest BCUT2D eigenvalue weighted by Crippen LogP contribution is 2.54. The highest BCUT2D eigenvalue weighted by atomic mass is 16.5. The van der Waals surface area contributed by atoms with Crippen LogP contribution in [0.5, 0.6) is 0 Å². The summed E-state index contributed by atoms with van der Waals surface area (Å²) in [5.41, 5.74) is 6.99. The van der Waals surface area contributed by atoms with Crippen molar-refractivity contribution in [3.63, 3.8) is 0 Å². The van der Waals surface area contributed by atoms with Gasteiger partial charge in [-0.1, -0.05) is 109 Å². The zero-order valence-corrected chi connectivity index (χ0v) is 28.6. The molecule has 4 nitrogen and oxygen atoms in total. The van der Waals surface area contributed by atoms with Gasteiger partial charge < -0.3 is 19.0 Å². The first kappa shape index (κ1) is 33.0. The van der Waals surface area contributed by atoms with E-state index in [2.05, 4.69) is 98.4 Å². The maximum absolute atomic E-state index is 11.5. The third-order valence-electron chi connectivity index (χ3n) is 10.1. The van der Waals surface area contributed by atoms with Crippen LogP contribution in [0.25, 0.3) is 21.8 Å². The van der Waals surface area contributed by atoms with Crippen molar-refractivity contribution in [3.05, 3.63) is 94.7 Å². The maximum atomic E-state index is 11.5. The first-order chi connectivity index (χ1) is 22.0. The van der Waals surface area contributed by atoms with Gasteiger partial charge in [0, 0.05) is 52.7 Å². The average Bonchev–Trinajstić information content (AvgIpc) is 3.50. The van der Waals surface area contributed by atoms with Gasteiger partial charge in [0.25, 0.3) is 0 Å². The number of aliphatic hydroxyl groups is 1. The van der Waals surface area contributed by atoms with Gasteiger partial charge in [-0.25, -0.2) is 0 Å². The topological polar surface area (TPSA) is 39.3 Å². The van der Waals surface area contributed by atoms with Gasteiger partial charge in [-0.05, 0) is 68.5 Å². The number of ether oxygens (including phenoxy) is 1. The van der Waals surface area contributed by atoms with Crippen molar-refractivity contribution >= 4 is 21.8 Å². The van der Waals surface area contributed by atoms with Crippen molar-refractivity contribution in [3.8, 4) is 0 Å². The molecule has 2 aromatic carbocycles. The molecule has 0 radical (unpaired) electrons. The minimum absolute atomic E-state index is 0.410. The van der Waals surface area contributed by atoms with Crippen molar-refractivity contribution < 1.29 is 9.84 Å². The van der Waals surface area contributed by atoms with Gasteiger partial charge in [-0.15, -0.1) is 0 Å². The van der Waals surface area contributed by atoms with Crippen LogP contribution in [0.2, 0.25) is 0 Å². The molecule has 0 aliphatic heterocycles. The molecular formula is C41H56N2O2. The summed E-state index contributed by atoms with van der Waals surface area (Å²) in [5, 5.41) is 14.0. The van der Waals surface area contributed by atoms with Crippen LogP contribution in [0, 0.1) is 13.8 Å². The van der Waals surface area contributed by atoms with Gasteiger partial charge in [-0.3, -0.25) is 0 Å². The third kappa shape index (κ3) is 6.48. The summed E-state index contributed by atoms with van der Waals surface area (Å²) in [6.45, 7) is 14.0. The Morgan fingerprint density at radius 2 is 1.13 bits per heavy atom. The Kier molecular flexibility index (Phi) is 11.2. The van der Waals surface area contributed by atoms with Crippen LogP contribution < -0.4 is 0 Å². The van der Waals surface area contributed by atoms with Crippen LogP contribution in [0.4, 0.5) is 0 Å². The molecule has 2 heterocycles. The lowest BCUT2D eigenvalue weighted by atomic mass is 9.66. The van der Waals surface area contributed by atoms with Crippen molar-refractivity contribution in [2.24, 2.45) is 0 Å². The van der Waals surface area contributed by atoms with Gasteiger partial charge in [0.15, 0.2) is 0 Å². The Labute approximate surface area is 271 Å². The van der Waals surface area contributed by atoms with E-state index in [1.54, 1.807) is 0 Å². The molecule has 0 atom stereocenters. The Bertz CT molecular complexity index is 1540. The molecule has 0 spiro atoms. The fraction of sp³-hybridized carbons (Fsp3) is 0.512. The fourth-order valence-electron chi connectivity index (χ4n) is 7.84. The number of aromatic nitrogens is 2. The molecule has 0 unspecified atom stereocenters. The highest BCUT2D eigenvalue weighted by Gasteiger charge is 2.48. The second-order valence-electron chi connectivity index (χ2n) is 13.2. The number of para-hydroxylation sites is 2. The van der Waals surface area contributed by atoms with E-state index in [1.807, 2.05) is 6.08 Å². The SMILES string of the molecule is CCCCCCCCCOC1=CC=C(O)CC1(c1c(C)n(CCCC)c2ccccc12)c1c(C)n(CCCC)c2ccccc12. The normalized spacial score (nSPS) is 14.7. The van der Waals surface area contributed by atoms with Gasteiger partial charge in [0.1, 0.15) is 5.76 Å². The van der Waals surface area contributed by atoms with E-state index < -0.39 is 5.41 Å². The molecule has 1 N–H and O–H groups in total. The summed E-state index contributed by atoms with van der Waals surface area (Å²) in [5.74, 6) is 1.38. The molecule has 1 aliphatic rings. The minimum atomic E-state index is -0.651. The number of fused-ring (bicyclic) bond motifs is 2. The predicted octanol–water partition coefficient (Wildman–Crippen LogP) is 11.6. The van der Waals surface area contributed by atoms with Crippen LogP contribution in [0.15, 0.2) is 72.2 Å². The number of aliphatic hydroxyl groups excluding tert-OH is 1. The summed E-state index contributed by atoms with van der Waals surface area (Å²) < 4.78 is 12.0. The predicted molar refractivity (Wildman–Crippen MR) is 191 cm³/mol. The molecule has 4 heteroatoms. The molecule has 0 saturated carbocycles. The number of aryl methyl sites for hydroxylation is 2. The van der Waals surface area contributed by atoms with Crippen LogP contribution in [0.1, 0.15) is 120 Å². The van der Waals surface area contributed by atoms with Gasteiger partial charge in [0.05, 0.1) is 17.8 Å². The Hall–Kier alpha value is -3.40. The molecule has 0 bridgehead atoms. The van der Waals surface area contributed by atoms with E-state index in [0.717, 1.165) is 51.0 Å². The molecule has 0 amide bonds. The summed E-state index contributed by atoms with van der Waals surface area (Å²) in [6.07, 6.45) is 17.7. The number of unbranched alkanes of at least 4 members (excludes halogenated alkanes) is 8. The van der Waals surface area contributed by atoms with Crippen LogP contribution in [0.3, 0.4) is 0 Å². The zero-order chi connectivity index (χ0) is 31.8. The lowest BCUT2D eigenvalue weighted by molar-refractivity contribution is 0.159. The summed E-state index contributed by atoms with van der Waals surface area (Å²) in [7, 11) is 0. The first-order valence-electron chi connectivity index (χ1n) is 17.9. The number of benzene rings is 2. The summed E-state index contributed by atoms with van der Waals surface area (Å²) in [6, 6.07) is 17.8. The molecule has 1 aliphatic carbocycles. The van der Waals surface area contributed by atoms with Gasteiger partial charge >= 0.3 is 0 Å². The monoisotopic (exact) mass is 608 g/mol. The van der Waals surface area contributed by atoms with E-state index in [9.17, 15) is 5.11 Å². The van der Waals surface area contributed by atoms with E-state index in [-0.39, 0.29) is 0 Å². The number of nitrogens with zero attached hydrogens (tertiary/aromatic N) is 2. The largest absolute Gasteiger partial charge is 0.512 e. The molecule has 5 rings (SSSR count). The van der Waals surface area contributed by atoms with E-state index in [0.29, 0.717) is 18.8 Å². The first-order valence-corrected chi connectivity index (χ1v) is 17.9. The number of allylic oxidation sites excluding steroid dienone is 4. The second-order valence-corrected chi connectivity index (χ2v) is 13.2. The number of hydrogen-bond donors (Lipinski definition) is 1. The lowest BCUT2D eigenvalue weighted by Gasteiger charge is -2.39. The van der Waals surface area contributed by atoms with Crippen LogP contribution >= 0.6 is 0 Å². The molecule has 0 saturated heterocycles. The highest BCUT2D eigenvalue weighted by molar-refractivity contribution is 5.93. The molecule has 0 fully saturated rings. The molecule has 4 aromatic rings. The third-order valence-corrected chi connectivity index (χ3v) is 10.1. The second kappa shape index (κ2) is 15.3. The van der Waals surface area contributed by atoms with E-state index in [4.69, 9.17) is 4.74 Å². The quantitative estimate of drug-likeness (QED) is 0.121. The van der Waals surface area contributed by atoms with Crippen LogP contribution in [-0.4, -0.2) is 20.8 Å². The van der Waals surface area contributed by atoms with E-state index >= 15 is 0 Å². The number of rotatable bonds is 17.